The maximum atomic E-state index is 4.63. The van der Waals surface area contributed by atoms with Crippen molar-refractivity contribution in [3.63, 3.8) is 0 Å². The molecule has 14 heavy (non-hydrogen) atoms. The first-order chi connectivity index (χ1) is 6.93. The summed E-state index contributed by atoms with van der Waals surface area (Å²) in [6.07, 6.45) is 1.21. The van der Waals surface area contributed by atoms with Crippen molar-refractivity contribution in [2.75, 3.05) is 6.54 Å². The van der Waals surface area contributed by atoms with E-state index in [0.717, 1.165) is 12.1 Å². The zero-order valence-corrected chi connectivity index (χ0v) is 7.90. The third-order valence-electron chi connectivity index (χ3n) is 2.80. The molecule has 2 heterocycles. The average molecular weight is 184 g/mol. The minimum absolute atomic E-state index is 0.486. The van der Waals surface area contributed by atoms with E-state index in [4.69, 9.17) is 0 Å². The van der Waals surface area contributed by atoms with E-state index in [1.807, 2.05) is 12.1 Å². The van der Waals surface area contributed by atoms with Crippen LogP contribution >= 0.6 is 0 Å². The average Bonchev–Trinajstić information content (AvgIpc) is 2.15. The highest BCUT2D eigenvalue weighted by molar-refractivity contribution is 5.78. The fourth-order valence-electron chi connectivity index (χ4n) is 1.82. The van der Waals surface area contributed by atoms with Crippen LogP contribution in [0.15, 0.2) is 36.4 Å². The van der Waals surface area contributed by atoms with Crippen LogP contribution in [0.5, 0.6) is 0 Å². The Bertz CT molecular complexity index is 461. The summed E-state index contributed by atoms with van der Waals surface area (Å²) < 4.78 is 0. The molecule has 0 spiro atoms. The summed E-state index contributed by atoms with van der Waals surface area (Å²) in [5.41, 5.74) is 2.27. The molecule has 2 aromatic rings. The predicted molar refractivity (Wildman–Crippen MR) is 57.1 cm³/mol. The van der Waals surface area contributed by atoms with Gasteiger partial charge in [-0.3, -0.25) is 4.98 Å². The molecule has 0 radical (unpaired) electrons. The van der Waals surface area contributed by atoms with Gasteiger partial charge < -0.3 is 5.32 Å². The highest BCUT2D eigenvalue weighted by atomic mass is 15.0. The van der Waals surface area contributed by atoms with Crippen molar-refractivity contribution in [2.45, 2.75) is 12.5 Å². The first kappa shape index (κ1) is 7.94. The summed E-state index contributed by atoms with van der Waals surface area (Å²) in [6, 6.07) is 13.0. The lowest BCUT2D eigenvalue weighted by Crippen LogP contribution is -2.35. The van der Waals surface area contributed by atoms with E-state index < -0.39 is 0 Å². The van der Waals surface area contributed by atoms with E-state index in [1.54, 1.807) is 0 Å². The van der Waals surface area contributed by atoms with Gasteiger partial charge in [-0.2, -0.15) is 0 Å². The van der Waals surface area contributed by atoms with Gasteiger partial charge in [-0.15, -0.1) is 0 Å². The zero-order chi connectivity index (χ0) is 9.38. The summed E-state index contributed by atoms with van der Waals surface area (Å²) in [5.74, 6) is 0. The van der Waals surface area contributed by atoms with Gasteiger partial charge in [0.2, 0.25) is 0 Å². The van der Waals surface area contributed by atoms with E-state index in [0.29, 0.717) is 6.04 Å². The molecule has 1 N–H and O–H groups in total. The van der Waals surface area contributed by atoms with Gasteiger partial charge in [-0.25, -0.2) is 0 Å². The lowest BCUT2D eigenvalue weighted by atomic mass is 10.0. The normalized spacial score (nSPS) is 20.7. The number of fused-ring (bicyclic) bond motifs is 1. The van der Waals surface area contributed by atoms with Crippen LogP contribution in [0.1, 0.15) is 18.2 Å². The molecule has 70 valence electrons. The standard InChI is InChI=1S/C12H12N2/c1-2-4-10-9(3-1)5-6-12(14-10)11-7-8-13-11/h1-6,11,13H,7-8H2/t11-/m0/s1. The molecule has 0 unspecified atom stereocenters. The third-order valence-corrected chi connectivity index (χ3v) is 2.80. The number of hydrogen-bond acceptors (Lipinski definition) is 2. The molecule has 0 aliphatic carbocycles. The van der Waals surface area contributed by atoms with E-state index in [2.05, 4.69) is 34.6 Å². The lowest BCUT2D eigenvalue weighted by molar-refractivity contribution is 0.376. The van der Waals surface area contributed by atoms with Gasteiger partial charge in [-0.1, -0.05) is 24.3 Å². The Balaban J connectivity index is 2.10. The highest BCUT2D eigenvalue weighted by Gasteiger charge is 2.19. The van der Waals surface area contributed by atoms with Crippen LogP contribution in [0.3, 0.4) is 0 Å². The summed E-state index contributed by atoms with van der Waals surface area (Å²) >= 11 is 0. The Labute approximate surface area is 83.0 Å². The molecule has 1 aliphatic rings. The van der Waals surface area contributed by atoms with Crippen LogP contribution < -0.4 is 5.32 Å². The molecule has 0 bridgehead atoms. The quantitative estimate of drug-likeness (QED) is 0.735. The Morgan fingerprint density at radius 3 is 2.79 bits per heavy atom. The molecule has 1 saturated heterocycles. The summed E-state index contributed by atoms with van der Waals surface area (Å²) in [4.78, 5) is 4.63. The Morgan fingerprint density at radius 2 is 2.00 bits per heavy atom. The van der Waals surface area contributed by atoms with Gasteiger partial charge in [-0.05, 0) is 25.1 Å². The van der Waals surface area contributed by atoms with Crippen molar-refractivity contribution in [3.8, 4) is 0 Å². The topological polar surface area (TPSA) is 24.9 Å². The van der Waals surface area contributed by atoms with Crippen molar-refractivity contribution >= 4 is 10.9 Å². The van der Waals surface area contributed by atoms with Crippen LogP contribution in [0.4, 0.5) is 0 Å². The lowest BCUT2D eigenvalue weighted by Gasteiger charge is -2.27. The van der Waals surface area contributed by atoms with Gasteiger partial charge in [0.15, 0.2) is 0 Å². The van der Waals surface area contributed by atoms with Crippen molar-refractivity contribution < 1.29 is 0 Å². The molecular weight excluding hydrogens is 172 g/mol. The van der Waals surface area contributed by atoms with Gasteiger partial charge in [0, 0.05) is 5.39 Å². The first-order valence-corrected chi connectivity index (χ1v) is 5.02. The van der Waals surface area contributed by atoms with Crippen LogP contribution in [0, 0.1) is 0 Å². The van der Waals surface area contributed by atoms with Gasteiger partial charge in [0.25, 0.3) is 0 Å². The van der Waals surface area contributed by atoms with Crippen molar-refractivity contribution in [2.24, 2.45) is 0 Å². The highest BCUT2D eigenvalue weighted by Crippen LogP contribution is 2.22. The Kier molecular flexibility index (Phi) is 1.74. The van der Waals surface area contributed by atoms with Crippen molar-refractivity contribution in [1.29, 1.82) is 0 Å². The summed E-state index contributed by atoms with van der Waals surface area (Å²) in [6.45, 7) is 1.12. The van der Waals surface area contributed by atoms with E-state index in [1.165, 1.54) is 17.5 Å². The molecule has 1 aromatic carbocycles. The number of hydrogen-bond donors (Lipinski definition) is 1. The molecule has 2 heteroatoms. The number of pyridine rings is 1. The molecule has 2 nitrogen and oxygen atoms in total. The fraction of sp³-hybridized carbons (Fsp3) is 0.250. The number of nitrogens with zero attached hydrogens (tertiary/aromatic N) is 1. The van der Waals surface area contributed by atoms with Gasteiger partial charge in [0.1, 0.15) is 0 Å². The fourth-order valence-corrected chi connectivity index (χ4v) is 1.82. The largest absolute Gasteiger partial charge is 0.309 e. The zero-order valence-electron chi connectivity index (χ0n) is 7.90. The number of benzene rings is 1. The maximum absolute atomic E-state index is 4.63. The second kappa shape index (κ2) is 3.07. The molecule has 0 saturated carbocycles. The van der Waals surface area contributed by atoms with Crippen molar-refractivity contribution in [1.82, 2.24) is 10.3 Å². The summed E-state index contributed by atoms with van der Waals surface area (Å²) in [5, 5.41) is 4.58. The van der Waals surface area contributed by atoms with Crippen LogP contribution in [0.25, 0.3) is 10.9 Å². The number of nitrogens with one attached hydrogen (secondary N) is 1. The van der Waals surface area contributed by atoms with E-state index in [-0.39, 0.29) is 0 Å². The van der Waals surface area contributed by atoms with E-state index in [9.17, 15) is 0 Å². The minimum atomic E-state index is 0.486. The Hall–Kier alpha value is -1.41. The number of para-hydroxylation sites is 1. The maximum Gasteiger partial charge on any atom is 0.0706 e. The predicted octanol–water partition coefficient (Wildman–Crippen LogP) is 2.27. The second-order valence-electron chi connectivity index (χ2n) is 3.72. The van der Waals surface area contributed by atoms with Crippen LogP contribution in [0.2, 0.25) is 0 Å². The molecule has 3 rings (SSSR count). The Morgan fingerprint density at radius 1 is 1.14 bits per heavy atom. The molecular formula is C12H12N2. The third kappa shape index (κ3) is 1.19. The first-order valence-electron chi connectivity index (χ1n) is 5.02. The van der Waals surface area contributed by atoms with Gasteiger partial charge >= 0.3 is 0 Å². The monoisotopic (exact) mass is 184 g/mol. The summed E-state index contributed by atoms with van der Waals surface area (Å²) in [7, 11) is 0. The van der Waals surface area contributed by atoms with Crippen LogP contribution in [-0.2, 0) is 0 Å². The van der Waals surface area contributed by atoms with E-state index >= 15 is 0 Å². The number of rotatable bonds is 1. The molecule has 1 aliphatic heterocycles. The molecule has 1 fully saturated rings. The van der Waals surface area contributed by atoms with Crippen LogP contribution in [-0.4, -0.2) is 11.5 Å². The smallest absolute Gasteiger partial charge is 0.0706 e. The van der Waals surface area contributed by atoms with Crippen molar-refractivity contribution in [3.05, 3.63) is 42.1 Å². The minimum Gasteiger partial charge on any atom is -0.309 e. The van der Waals surface area contributed by atoms with Gasteiger partial charge in [0.05, 0.1) is 17.3 Å². The molecule has 1 aromatic heterocycles. The second-order valence-corrected chi connectivity index (χ2v) is 3.72. The molecule has 0 amide bonds. The SMILES string of the molecule is c1ccc2nc([C@@H]3CCN3)ccc2c1. The number of aromatic nitrogens is 1. The molecule has 1 atom stereocenters.